The molecule has 2 rings (SSSR count). The Balaban J connectivity index is 1.84. The zero-order valence-corrected chi connectivity index (χ0v) is 13.3. The van der Waals surface area contributed by atoms with Crippen LogP contribution < -0.4 is 4.74 Å². The predicted octanol–water partition coefficient (Wildman–Crippen LogP) is 3.19. The van der Waals surface area contributed by atoms with Crippen LogP contribution in [-0.2, 0) is 4.74 Å². The van der Waals surface area contributed by atoms with Gasteiger partial charge < -0.3 is 14.4 Å². The average molecular weight is 302 g/mol. The van der Waals surface area contributed by atoms with Crippen molar-refractivity contribution in [2.75, 3.05) is 19.7 Å². The topological polar surface area (TPSA) is 62.6 Å². The van der Waals surface area contributed by atoms with Crippen molar-refractivity contribution in [3.05, 3.63) is 29.8 Å². The Hall–Kier alpha value is -2.22. The van der Waals surface area contributed by atoms with Crippen molar-refractivity contribution in [3.63, 3.8) is 0 Å². The van der Waals surface area contributed by atoms with Crippen LogP contribution in [0.25, 0.3) is 0 Å². The van der Waals surface area contributed by atoms with E-state index in [2.05, 4.69) is 6.07 Å². The molecule has 5 nitrogen and oxygen atoms in total. The number of ether oxygens (including phenoxy) is 2. The van der Waals surface area contributed by atoms with Crippen LogP contribution in [0.4, 0.5) is 4.79 Å². The van der Waals surface area contributed by atoms with Crippen molar-refractivity contribution in [2.24, 2.45) is 5.92 Å². The molecule has 1 heterocycles. The molecule has 0 radical (unpaired) electrons. The fourth-order valence-corrected chi connectivity index (χ4v) is 2.35. The highest BCUT2D eigenvalue weighted by Gasteiger charge is 2.30. The van der Waals surface area contributed by atoms with Crippen molar-refractivity contribution < 1.29 is 14.3 Å². The molecule has 1 aromatic carbocycles. The molecule has 1 saturated heterocycles. The van der Waals surface area contributed by atoms with Crippen LogP contribution in [0.1, 0.15) is 32.8 Å². The number of likely N-dealkylation sites (tertiary alicyclic amines) is 1. The van der Waals surface area contributed by atoms with E-state index in [1.165, 1.54) is 0 Å². The van der Waals surface area contributed by atoms with Crippen LogP contribution in [0, 0.1) is 17.2 Å². The minimum atomic E-state index is -0.475. The molecule has 0 N–H and O–H groups in total. The zero-order valence-electron chi connectivity index (χ0n) is 13.3. The summed E-state index contributed by atoms with van der Waals surface area (Å²) in [4.78, 5) is 13.7. The third-order valence-electron chi connectivity index (χ3n) is 3.42. The van der Waals surface area contributed by atoms with Gasteiger partial charge in [0, 0.05) is 19.0 Å². The summed E-state index contributed by atoms with van der Waals surface area (Å²) in [6, 6.07) is 9.29. The maximum absolute atomic E-state index is 12.0. The van der Waals surface area contributed by atoms with Gasteiger partial charge in [0.1, 0.15) is 17.4 Å². The van der Waals surface area contributed by atoms with Gasteiger partial charge >= 0.3 is 6.09 Å². The minimum absolute atomic E-state index is 0.263. The van der Waals surface area contributed by atoms with Gasteiger partial charge in [0.2, 0.25) is 0 Å². The molecular weight excluding hydrogens is 280 g/mol. The second kappa shape index (κ2) is 6.69. The Morgan fingerprint density at radius 2 is 2.14 bits per heavy atom. The predicted molar refractivity (Wildman–Crippen MR) is 82.6 cm³/mol. The van der Waals surface area contributed by atoms with Crippen molar-refractivity contribution in [2.45, 2.75) is 32.8 Å². The number of hydrogen-bond donors (Lipinski definition) is 0. The molecule has 0 spiro atoms. The molecule has 1 fully saturated rings. The summed E-state index contributed by atoms with van der Waals surface area (Å²) < 4.78 is 11.1. The third kappa shape index (κ3) is 4.39. The summed E-state index contributed by atoms with van der Waals surface area (Å²) in [7, 11) is 0. The number of carbonyl (C=O) groups excluding carboxylic acids is 1. The first kappa shape index (κ1) is 16.2. The molecule has 0 aliphatic carbocycles. The molecule has 1 atom stereocenters. The molecule has 118 valence electrons. The molecule has 0 bridgehead atoms. The summed E-state index contributed by atoms with van der Waals surface area (Å²) >= 11 is 0. The van der Waals surface area contributed by atoms with Crippen molar-refractivity contribution in [3.8, 4) is 11.8 Å². The van der Waals surface area contributed by atoms with E-state index in [1.807, 2.05) is 32.9 Å². The Bertz CT molecular complexity index is 572. The van der Waals surface area contributed by atoms with E-state index in [0.29, 0.717) is 31.0 Å². The van der Waals surface area contributed by atoms with E-state index in [0.717, 1.165) is 6.42 Å². The molecule has 0 aromatic heterocycles. The lowest BCUT2D eigenvalue weighted by Crippen LogP contribution is -2.35. The number of amides is 1. The molecule has 1 amide bonds. The fraction of sp³-hybridized carbons (Fsp3) is 0.529. The highest BCUT2D eigenvalue weighted by molar-refractivity contribution is 5.68. The molecule has 22 heavy (non-hydrogen) atoms. The molecule has 1 aliphatic heterocycles. The number of carbonyl (C=O) groups is 1. The summed E-state index contributed by atoms with van der Waals surface area (Å²) in [5.41, 5.74) is 0.0571. The summed E-state index contributed by atoms with van der Waals surface area (Å²) in [5, 5.41) is 9.03. The van der Waals surface area contributed by atoms with Gasteiger partial charge in [-0.3, -0.25) is 0 Å². The van der Waals surface area contributed by atoms with Gasteiger partial charge in [0.05, 0.1) is 12.2 Å². The minimum Gasteiger partial charge on any atom is -0.492 e. The van der Waals surface area contributed by atoms with Crippen LogP contribution in [0.2, 0.25) is 0 Å². The standard InChI is InChI=1S/C17H22N2O3/c1-17(2,3)22-16(20)19-9-8-13(11-19)12-21-15-7-5-4-6-14(15)10-18/h4-7,13H,8-9,11-12H2,1-3H3/t13-/m0/s1. The second-order valence-corrected chi connectivity index (χ2v) is 6.50. The molecule has 1 aromatic rings. The van der Waals surface area contributed by atoms with Crippen LogP contribution in [-0.4, -0.2) is 36.3 Å². The number of nitrogens with zero attached hydrogens (tertiary/aromatic N) is 2. The van der Waals surface area contributed by atoms with Gasteiger partial charge in [0.25, 0.3) is 0 Å². The van der Waals surface area contributed by atoms with Gasteiger partial charge in [-0.2, -0.15) is 5.26 Å². The van der Waals surface area contributed by atoms with Gasteiger partial charge in [-0.1, -0.05) is 12.1 Å². The van der Waals surface area contributed by atoms with Gasteiger partial charge in [0.15, 0.2) is 0 Å². The molecule has 0 saturated carbocycles. The van der Waals surface area contributed by atoms with Gasteiger partial charge in [-0.25, -0.2) is 4.79 Å². The van der Waals surface area contributed by atoms with Crippen molar-refractivity contribution in [1.82, 2.24) is 4.90 Å². The van der Waals surface area contributed by atoms with E-state index in [4.69, 9.17) is 14.7 Å². The number of nitriles is 1. The summed E-state index contributed by atoms with van der Waals surface area (Å²) in [6.45, 7) is 7.39. The molecule has 1 aliphatic rings. The lowest BCUT2D eigenvalue weighted by atomic mass is 10.1. The molecular formula is C17H22N2O3. The molecule has 5 heteroatoms. The smallest absolute Gasteiger partial charge is 0.410 e. The quantitative estimate of drug-likeness (QED) is 0.860. The van der Waals surface area contributed by atoms with E-state index >= 15 is 0 Å². The molecule has 0 unspecified atom stereocenters. The number of hydrogen-bond acceptors (Lipinski definition) is 4. The van der Waals surface area contributed by atoms with Gasteiger partial charge in [-0.05, 0) is 39.3 Å². The van der Waals surface area contributed by atoms with E-state index in [9.17, 15) is 4.79 Å². The first-order valence-electron chi connectivity index (χ1n) is 7.49. The Labute approximate surface area is 131 Å². The van der Waals surface area contributed by atoms with Crippen LogP contribution in [0.5, 0.6) is 5.75 Å². The Morgan fingerprint density at radius 3 is 2.82 bits per heavy atom. The fourth-order valence-electron chi connectivity index (χ4n) is 2.35. The first-order chi connectivity index (χ1) is 10.4. The van der Waals surface area contributed by atoms with E-state index in [-0.39, 0.29) is 12.0 Å². The number of para-hydroxylation sites is 1. The third-order valence-corrected chi connectivity index (χ3v) is 3.42. The largest absolute Gasteiger partial charge is 0.492 e. The summed E-state index contributed by atoms with van der Waals surface area (Å²) in [6.07, 6.45) is 0.612. The maximum Gasteiger partial charge on any atom is 0.410 e. The summed E-state index contributed by atoms with van der Waals surface area (Å²) in [5.74, 6) is 0.861. The Kier molecular flexibility index (Phi) is 4.92. The number of benzene rings is 1. The van der Waals surface area contributed by atoms with Gasteiger partial charge in [-0.15, -0.1) is 0 Å². The average Bonchev–Trinajstić information content (AvgIpc) is 2.92. The number of rotatable bonds is 3. The van der Waals surface area contributed by atoms with E-state index < -0.39 is 5.60 Å². The monoisotopic (exact) mass is 302 g/mol. The van der Waals surface area contributed by atoms with Crippen molar-refractivity contribution >= 4 is 6.09 Å². The maximum atomic E-state index is 12.0. The lowest BCUT2D eigenvalue weighted by molar-refractivity contribution is 0.0285. The van der Waals surface area contributed by atoms with Crippen LogP contribution in [0.3, 0.4) is 0 Å². The highest BCUT2D eigenvalue weighted by atomic mass is 16.6. The second-order valence-electron chi connectivity index (χ2n) is 6.50. The van der Waals surface area contributed by atoms with E-state index in [1.54, 1.807) is 17.0 Å². The first-order valence-corrected chi connectivity index (χ1v) is 7.49. The normalized spacial score (nSPS) is 17.9. The highest BCUT2D eigenvalue weighted by Crippen LogP contribution is 2.22. The van der Waals surface area contributed by atoms with Crippen LogP contribution in [0.15, 0.2) is 24.3 Å². The SMILES string of the molecule is CC(C)(C)OC(=O)N1CC[C@H](COc2ccccc2C#N)C1. The van der Waals surface area contributed by atoms with Crippen molar-refractivity contribution in [1.29, 1.82) is 5.26 Å². The Morgan fingerprint density at radius 1 is 1.41 bits per heavy atom. The lowest BCUT2D eigenvalue weighted by Gasteiger charge is -2.24. The zero-order chi connectivity index (χ0) is 16.2. The van der Waals surface area contributed by atoms with Crippen LogP contribution >= 0.6 is 0 Å².